The summed E-state index contributed by atoms with van der Waals surface area (Å²) < 4.78 is 16.8. The third-order valence-electron chi connectivity index (χ3n) is 11.2. The van der Waals surface area contributed by atoms with Crippen molar-refractivity contribution in [3.05, 3.63) is 204 Å². The smallest absolute Gasteiger partial charge is 0.164 e. The standard InChI is InChI=1S/C55H41FN4/c1-34-25-35(2)28-43(27-34)41-17-22-48-49-23-18-42(44-29-36(3)26-37(4)30-44)32-52(49)60(51(48)31-41)46-21-24-47(38-15-19-45(56)20-16-38)50(33-46)55-58-53(39-11-7-5-8-12-39)57-54(59-55)40-13-9-6-10-14-40/h5-33H,1-4H3. The molecule has 60 heavy (non-hydrogen) atoms. The number of aromatic nitrogens is 4. The van der Waals surface area contributed by atoms with Crippen molar-refractivity contribution in [1.82, 2.24) is 19.5 Å². The molecular formula is C55H41FN4. The lowest BCUT2D eigenvalue weighted by Crippen LogP contribution is -2.02. The summed E-state index contributed by atoms with van der Waals surface area (Å²) in [6.45, 7) is 8.60. The molecule has 4 nitrogen and oxygen atoms in total. The van der Waals surface area contributed by atoms with Crippen LogP contribution in [0.25, 0.3) is 95.0 Å². The normalized spacial score (nSPS) is 11.4. The molecule has 0 bridgehead atoms. The van der Waals surface area contributed by atoms with Crippen molar-refractivity contribution < 1.29 is 4.39 Å². The third-order valence-corrected chi connectivity index (χ3v) is 11.2. The molecule has 8 aromatic carbocycles. The van der Waals surface area contributed by atoms with Crippen LogP contribution in [0.2, 0.25) is 0 Å². The second kappa shape index (κ2) is 15.0. The molecule has 10 rings (SSSR count). The molecule has 0 saturated carbocycles. The van der Waals surface area contributed by atoms with E-state index in [1.54, 1.807) is 0 Å². The van der Waals surface area contributed by atoms with Crippen LogP contribution in [0, 0.1) is 33.5 Å². The molecule has 0 atom stereocenters. The third kappa shape index (κ3) is 6.94. The average molecular weight is 777 g/mol. The predicted molar refractivity (Wildman–Crippen MR) is 246 cm³/mol. The minimum Gasteiger partial charge on any atom is -0.309 e. The summed E-state index contributed by atoms with van der Waals surface area (Å²) in [7, 11) is 0. The number of halogens is 1. The molecule has 5 heteroatoms. The van der Waals surface area contributed by atoms with Gasteiger partial charge in [-0.1, -0.05) is 162 Å². The fraction of sp³-hybridized carbons (Fsp3) is 0.0727. The van der Waals surface area contributed by atoms with Gasteiger partial charge in [0.1, 0.15) is 5.82 Å². The lowest BCUT2D eigenvalue weighted by molar-refractivity contribution is 0.628. The number of fused-ring (bicyclic) bond motifs is 3. The molecule has 0 aliphatic rings. The van der Waals surface area contributed by atoms with Gasteiger partial charge in [0.25, 0.3) is 0 Å². The maximum atomic E-state index is 14.4. The van der Waals surface area contributed by atoms with E-state index in [0.717, 1.165) is 66.4 Å². The number of aryl methyl sites for hydroxylation is 4. The van der Waals surface area contributed by atoms with Gasteiger partial charge in [0.15, 0.2) is 17.5 Å². The highest BCUT2D eigenvalue weighted by atomic mass is 19.1. The van der Waals surface area contributed by atoms with Crippen LogP contribution in [-0.4, -0.2) is 19.5 Å². The van der Waals surface area contributed by atoms with E-state index in [1.165, 1.54) is 45.5 Å². The van der Waals surface area contributed by atoms with Crippen LogP contribution < -0.4 is 0 Å². The monoisotopic (exact) mass is 776 g/mol. The molecule has 2 aromatic heterocycles. The zero-order chi connectivity index (χ0) is 40.9. The van der Waals surface area contributed by atoms with Crippen molar-refractivity contribution in [1.29, 1.82) is 0 Å². The molecule has 0 amide bonds. The van der Waals surface area contributed by atoms with E-state index in [0.29, 0.717) is 17.5 Å². The van der Waals surface area contributed by atoms with Crippen LogP contribution in [0.3, 0.4) is 0 Å². The summed E-state index contributed by atoms with van der Waals surface area (Å²) in [6.07, 6.45) is 0. The van der Waals surface area contributed by atoms with Gasteiger partial charge in [-0.05, 0) is 97.5 Å². The molecule has 0 saturated heterocycles. The van der Waals surface area contributed by atoms with E-state index in [-0.39, 0.29) is 5.82 Å². The van der Waals surface area contributed by atoms with Crippen LogP contribution in [0.5, 0.6) is 0 Å². The summed E-state index contributed by atoms with van der Waals surface area (Å²) in [5, 5.41) is 2.32. The second-order valence-corrected chi connectivity index (χ2v) is 15.8. The van der Waals surface area contributed by atoms with Gasteiger partial charge >= 0.3 is 0 Å². The largest absolute Gasteiger partial charge is 0.309 e. The summed E-state index contributed by atoms with van der Waals surface area (Å²) in [5.74, 6) is 1.38. The van der Waals surface area contributed by atoms with E-state index >= 15 is 0 Å². The highest BCUT2D eigenvalue weighted by molar-refractivity contribution is 6.11. The van der Waals surface area contributed by atoms with E-state index in [1.807, 2.05) is 72.8 Å². The summed E-state index contributed by atoms with van der Waals surface area (Å²) in [5.41, 5.74) is 17.0. The Labute approximate surface area is 349 Å². The molecule has 0 unspecified atom stereocenters. The van der Waals surface area contributed by atoms with Crippen molar-refractivity contribution in [2.75, 3.05) is 0 Å². The van der Waals surface area contributed by atoms with Crippen molar-refractivity contribution in [2.45, 2.75) is 27.7 Å². The Hall–Kier alpha value is -7.50. The molecule has 0 N–H and O–H groups in total. The van der Waals surface area contributed by atoms with Crippen molar-refractivity contribution in [3.8, 4) is 73.2 Å². The minimum atomic E-state index is -0.292. The highest BCUT2D eigenvalue weighted by Crippen LogP contribution is 2.40. The Kier molecular flexibility index (Phi) is 9.22. The fourth-order valence-corrected chi connectivity index (χ4v) is 8.61. The first kappa shape index (κ1) is 36.8. The van der Waals surface area contributed by atoms with E-state index in [2.05, 4.69) is 123 Å². The second-order valence-electron chi connectivity index (χ2n) is 15.8. The molecule has 0 aliphatic heterocycles. The Morgan fingerprint density at radius 2 is 0.800 bits per heavy atom. The Balaban J connectivity index is 1.27. The highest BCUT2D eigenvalue weighted by Gasteiger charge is 2.20. The number of rotatable bonds is 7. The number of hydrogen-bond acceptors (Lipinski definition) is 3. The van der Waals surface area contributed by atoms with Gasteiger partial charge < -0.3 is 4.57 Å². The zero-order valence-corrected chi connectivity index (χ0v) is 33.9. The van der Waals surface area contributed by atoms with Crippen LogP contribution in [0.4, 0.5) is 4.39 Å². The van der Waals surface area contributed by atoms with Crippen LogP contribution in [0.1, 0.15) is 22.3 Å². The van der Waals surface area contributed by atoms with Crippen LogP contribution in [-0.2, 0) is 0 Å². The SMILES string of the molecule is Cc1cc(C)cc(-c2ccc3c4ccc(-c5cc(C)cc(C)c5)cc4n(-c4ccc(-c5ccc(F)cc5)c(-c5nc(-c6ccccc6)nc(-c6ccccc6)n5)c4)c3c2)c1. The van der Waals surface area contributed by atoms with Gasteiger partial charge in [0.05, 0.1) is 11.0 Å². The maximum absolute atomic E-state index is 14.4. The maximum Gasteiger partial charge on any atom is 0.164 e. The quantitative estimate of drug-likeness (QED) is 0.162. The van der Waals surface area contributed by atoms with Crippen molar-refractivity contribution in [3.63, 3.8) is 0 Å². The molecule has 0 radical (unpaired) electrons. The Bertz CT molecular complexity index is 3030. The molecule has 2 heterocycles. The topological polar surface area (TPSA) is 43.6 Å². The van der Waals surface area contributed by atoms with Crippen LogP contribution in [0.15, 0.2) is 176 Å². The molecule has 10 aromatic rings. The number of hydrogen-bond donors (Lipinski definition) is 0. The number of benzene rings is 8. The molecule has 0 aliphatic carbocycles. The zero-order valence-electron chi connectivity index (χ0n) is 33.9. The van der Waals surface area contributed by atoms with Gasteiger partial charge in [0.2, 0.25) is 0 Å². The summed E-state index contributed by atoms with van der Waals surface area (Å²) >= 11 is 0. The first-order chi connectivity index (χ1) is 29.2. The van der Waals surface area contributed by atoms with Gasteiger partial charge in [0, 0.05) is 33.2 Å². The summed E-state index contributed by atoms with van der Waals surface area (Å²) in [4.78, 5) is 15.4. The predicted octanol–water partition coefficient (Wildman–Crippen LogP) is 14.3. The molecule has 0 spiro atoms. The van der Waals surface area contributed by atoms with Gasteiger partial charge in [-0.3, -0.25) is 0 Å². The van der Waals surface area contributed by atoms with E-state index < -0.39 is 0 Å². The van der Waals surface area contributed by atoms with Crippen molar-refractivity contribution in [2.24, 2.45) is 0 Å². The van der Waals surface area contributed by atoms with E-state index in [9.17, 15) is 4.39 Å². The first-order valence-electron chi connectivity index (χ1n) is 20.3. The Morgan fingerprint density at radius 1 is 0.350 bits per heavy atom. The summed E-state index contributed by atoms with van der Waals surface area (Å²) in [6, 6.07) is 60.2. The lowest BCUT2D eigenvalue weighted by Gasteiger charge is -2.16. The van der Waals surface area contributed by atoms with Gasteiger partial charge in [-0.2, -0.15) is 0 Å². The van der Waals surface area contributed by atoms with Crippen LogP contribution >= 0.6 is 0 Å². The average Bonchev–Trinajstić information content (AvgIpc) is 3.59. The number of nitrogens with zero attached hydrogens (tertiary/aromatic N) is 4. The van der Waals surface area contributed by atoms with Gasteiger partial charge in [-0.15, -0.1) is 0 Å². The van der Waals surface area contributed by atoms with Crippen molar-refractivity contribution >= 4 is 21.8 Å². The fourth-order valence-electron chi connectivity index (χ4n) is 8.61. The lowest BCUT2D eigenvalue weighted by atomic mass is 9.97. The van der Waals surface area contributed by atoms with E-state index in [4.69, 9.17) is 15.0 Å². The minimum absolute atomic E-state index is 0.292. The molecule has 288 valence electrons. The molecule has 0 fully saturated rings. The Morgan fingerprint density at radius 3 is 1.28 bits per heavy atom. The molecular weight excluding hydrogens is 736 g/mol. The van der Waals surface area contributed by atoms with Gasteiger partial charge in [-0.25, -0.2) is 19.3 Å². The first-order valence-corrected chi connectivity index (χ1v) is 20.3.